The number of aliphatic hydroxyl groups excluding tert-OH is 1. The fraction of sp³-hybridized carbons (Fsp3) is 0.425. The minimum atomic E-state index is -0.318. The number of carbonyl (C=O) groups is 1. The Morgan fingerprint density at radius 1 is 0.667 bits per heavy atom. The van der Waals surface area contributed by atoms with Crippen LogP contribution in [0.4, 0.5) is 0 Å². The number of carbonyl (C=O) groups excluding carboxylic acids is 1. The predicted octanol–water partition coefficient (Wildman–Crippen LogP) is 10.8. The van der Waals surface area contributed by atoms with Crippen LogP contribution in [0.15, 0.2) is 130 Å². The number of hydrogen-bond donors (Lipinski definition) is 1. The molecule has 0 heterocycles. The number of aliphatic hydroxyl groups is 1. The third-order valence-electron chi connectivity index (χ3n) is 8.52. The van der Waals surface area contributed by atoms with Crippen molar-refractivity contribution in [1.82, 2.24) is 0 Å². The van der Waals surface area contributed by atoms with Crippen LogP contribution < -0.4 is 0 Å². The highest BCUT2D eigenvalue weighted by atomic mass is 16.3. The van der Waals surface area contributed by atoms with Crippen molar-refractivity contribution >= 4 is 5.78 Å². The van der Waals surface area contributed by atoms with Gasteiger partial charge in [-0.25, -0.2) is 0 Å². The maximum absolute atomic E-state index is 12.2. The lowest BCUT2D eigenvalue weighted by molar-refractivity contribution is -0.116. The van der Waals surface area contributed by atoms with Gasteiger partial charge in [0, 0.05) is 6.42 Å². The van der Waals surface area contributed by atoms with Gasteiger partial charge in [-0.05, 0) is 93.9 Å². The molecule has 2 nitrogen and oxygen atoms in total. The van der Waals surface area contributed by atoms with Gasteiger partial charge >= 0.3 is 0 Å². The zero-order valence-corrected chi connectivity index (χ0v) is 27.8. The molecule has 0 bridgehead atoms. The van der Waals surface area contributed by atoms with Gasteiger partial charge < -0.3 is 5.11 Å². The van der Waals surface area contributed by atoms with E-state index in [1.54, 1.807) is 0 Å². The summed E-state index contributed by atoms with van der Waals surface area (Å²) in [6, 6.07) is 0. The van der Waals surface area contributed by atoms with E-state index < -0.39 is 0 Å². The first kappa shape index (κ1) is 35.0. The average Bonchev–Trinajstić information content (AvgIpc) is 2.91. The molecule has 1 unspecified atom stereocenters. The Morgan fingerprint density at radius 3 is 1.62 bits per heavy atom. The fourth-order valence-corrected chi connectivity index (χ4v) is 5.45. The van der Waals surface area contributed by atoms with Crippen molar-refractivity contribution in [3.63, 3.8) is 0 Å². The fourth-order valence-electron chi connectivity index (χ4n) is 5.45. The first-order valence-corrected chi connectivity index (χ1v) is 15.4. The molecule has 2 aliphatic rings. The summed E-state index contributed by atoms with van der Waals surface area (Å²) in [5.74, 6) is 0.273. The second-order valence-electron chi connectivity index (χ2n) is 13.3. The number of rotatable bonds is 10. The topological polar surface area (TPSA) is 37.3 Å². The van der Waals surface area contributed by atoms with Gasteiger partial charge in [-0.15, -0.1) is 0 Å². The van der Waals surface area contributed by atoms with E-state index in [1.807, 2.05) is 6.92 Å². The van der Waals surface area contributed by atoms with E-state index >= 15 is 0 Å². The SMILES string of the molecule is CC1=C(/C=C/C(C)=C/C=C/C(C)=C/C=C/C=C(C)\C=C\C=C(C)\C=C\C2=C(C)C(O)CCC2(C)C)C(C)(C)CCC1=O. The molecule has 0 fully saturated rings. The quantitative estimate of drug-likeness (QED) is 0.267. The number of ketones is 1. The molecule has 0 amide bonds. The summed E-state index contributed by atoms with van der Waals surface area (Å²) in [5, 5.41) is 10.3. The molecule has 0 spiro atoms. The monoisotopic (exact) mass is 566 g/mol. The van der Waals surface area contributed by atoms with E-state index in [0.29, 0.717) is 6.42 Å². The molecule has 0 saturated heterocycles. The molecule has 0 aliphatic heterocycles. The minimum absolute atomic E-state index is 0.0428. The average molecular weight is 567 g/mol. The summed E-state index contributed by atoms with van der Waals surface area (Å²) in [4.78, 5) is 12.2. The maximum atomic E-state index is 12.2. The molecule has 2 heteroatoms. The summed E-state index contributed by atoms with van der Waals surface area (Å²) in [6.45, 7) is 21.4. The van der Waals surface area contributed by atoms with E-state index in [0.717, 1.165) is 41.6 Å². The van der Waals surface area contributed by atoms with Crippen molar-refractivity contribution in [1.29, 1.82) is 0 Å². The van der Waals surface area contributed by atoms with Crippen LogP contribution in [0, 0.1) is 10.8 Å². The standard InChI is InChI=1S/C40H54O2/c1-29(17-13-19-31(3)21-23-35-33(5)37(41)25-27-39(35,7)8)15-11-12-16-30(2)18-14-20-32(4)22-24-36-34(6)38(42)26-28-40(36,9)10/h11-24,37,41H,25-28H2,1-10H3/b12-11+,17-13+,18-14+,23-21+,24-22+,29-15-,30-16+,31-19+,32-20+. The molecule has 0 aromatic carbocycles. The van der Waals surface area contributed by atoms with Crippen LogP contribution in [0.2, 0.25) is 0 Å². The molecule has 0 aromatic rings. The zero-order chi connectivity index (χ0) is 31.5. The molecule has 226 valence electrons. The molecule has 0 radical (unpaired) electrons. The largest absolute Gasteiger partial charge is 0.389 e. The molecular weight excluding hydrogens is 512 g/mol. The Bertz CT molecular complexity index is 1330. The lowest BCUT2D eigenvalue weighted by Gasteiger charge is -2.35. The highest BCUT2D eigenvalue weighted by molar-refractivity contribution is 5.97. The van der Waals surface area contributed by atoms with Crippen LogP contribution in [0.25, 0.3) is 0 Å². The molecule has 2 rings (SSSR count). The smallest absolute Gasteiger partial charge is 0.158 e. The van der Waals surface area contributed by atoms with E-state index in [1.165, 1.54) is 22.3 Å². The van der Waals surface area contributed by atoms with Crippen molar-refractivity contribution in [2.45, 2.75) is 101 Å². The van der Waals surface area contributed by atoms with Gasteiger partial charge in [0.25, 0.3) is 0 Å². The summed E-state index contributed by atoms with van der Waals surface area (Å²) >= 11 is 0. The van der Waals surface area contributed by atoms with Gasteiger partial charge in [0.15, 0.2) is 5.78 Å². The van der Waals surface area contributed by atoms with E-state index in [4.69, 9.17) is 0 Å². The van der Waals surface area contributed by atoms with E-state index in [2.05, 4.69) is 147 Å². The highest BCUT2D eigenvalue weighted by Crippen LogP contribution is 2.41. The van der Waals surface area contributed by atoms with Crippen molar-refractivity contribution in [3.05, 3.63) is 130 Å². The molecule has 0 saturated carbocycles. The van der Waals surface area contributed by atoms with Gasteiger partial charge in [0.1, 0.15) is 0 Å². The molecule has 0 aromatic heterocycles. The van der Waals surface area contributed by atoms with E-state index in [9.17, 15) is 9.90 Å². The third-order valence-corrected chi connectivity index (χ3v) is 8.52. The van der Waals surface area contributed by atoms with Gasteiger partial charge in [0.05, 0.1) is 6.10 Å². The van der Waals surface area contributed by atoms with Crippen LogP contribution in [-0.2, 0) is 4.79 Å². The molecule has 1 atom stereocenters. The first-order chi connectivity index (χ1) is 19.6. The number of hydrogen-bond acceptors (Lipinski definition) is 2. The van der Waals surface area contributed by atoms with Crippen molar-refractivity contribution < 1.29 is 9.90 Å². The van der Waals surface area contributed by atoms with E-state index in [-0.39, 0.29) is 22.7 Å². The van der Waals surface area contributed by atoms with Crippen molar-refractivity contribution in [3.8, 4) is 0 Å². The first-order valence-electron chi connectivity index (χ1n) is 15.4. The summed E-state index contributed by atoms with van der Waals surface area (Å²) in [5.41, 5.74) is 9.24. The van der Waals surface area contributed by atoms with Crippen LogP contribution in [0.5, 0.6) is 0 Å². The molecule has 2 aliphatic carbocycles. The van der Waals surface area contributed by atoms with Crippen LogP contribution in [-0.4, -0.2) is 17.0 Å². The second-order valence-corrected chi connectivity index (χ2v) is 13.3. The summed E-state index contributed by atoms with van der Waals surface area (Å²) in [7, 11) is 0. The van der Waals surface area contributed by atoms with Gasteiger partial charge in [-0.2, -0.15) is 0 Å². The lowest BCUT2D eigenvalue weighted by atomic mass is 9.71. The van der Waals surface area contributed by atoms with Crippen molar-refractivity contribution in [2.75, 3.05) is 0 Å². The van der Waals surface area contributed by atoms with Gasteiger partial charge in [0.2, 0.25) is 0 Å². The Balaban J connectivity index is 1.92. The third kappa shape index (κ3) is 10.9. The van der Waals surface area contributed by atoms with Crippen molar-refractivity contribution in [2.24, 2.45) is 10.8 Å². The van der Waals surface area contributed by atoms with Crippen LogP contribution >= 0.6 is 0 Å². The lowest BCUT2D eigenvalue weighted by Crippen LogP contribution is -2.27. The molecular formula is C40H54O2. The Labute approximate surface area is 256 Å². The number of Topliss-reactive ketones (excluding diaryl/α,β-unsaturated/α-hetero) is 1. The Morgan fingerprint density at radius 2 is 1.10 bits per heavy atom. The number of allylic oxidation sites excluding steroid dienone is 21. The molecule has 42 heavy (non-hydrogen) atoms. The predicted molar refractivity (Wildman–Crippen MR) is 183 cm³/mol. The van der Waals surface area contributed by atoms with Crippen LogP contribution in [0.3, 0.4) is 0 Å². The minimum Gasteiger partial charge on any atom is -0.389 e. The summed E-state index contributed by atoms with van der Waals surface area (Å²) in [6.07, 6.45) is 32.6. The second kappa shape index (κ2) is 15.8. The van der Waals surface area contributed by atoms with Crippen LogP contribution in [0.1, 0.15) is 94.9 Å². The Hall–Kier alpha value is -3.23. The molecule has 1 N–H and O–H groups in total. The highest BCUT2D eigenvalue weighted by Gasteiger charge is 2.31. The Kier molecular flexibility index (Phi) is 13.2. The van der Waals surface area contributed by atoms with Gasteiger partial charge in [-0.1, -0.05) is 135 Å². The van der Waals surface area contributed by atoms with Gasteiger partial charge in [-0.3, -0.25) is 4.79 Å². The zero-order valence-electron chi connectivity index (χ0n) is 27.8. The maximum Gasteiger partial charge on any atom is 0.158 e. The summed E-state index contributed by atoms with van der Waals surface area (Å²) < 4.78 is 0. The normalized spacial score (nSPS) is 23.3.